The molecule has 1 aliphatic rings. The van der Waals surface area contributed by atoms with Gasteiger partial charge in [-0.15, -0.1) is 0 Å². The zero-order valence-electron chi connectivity index (χ0n) is 13.7. The van der Waals surface area contributed by atoms with Crippen molar-refractivity contribution in [2.24, 2.45) is 0 Å². The number of para-hydroxylation sites is 1. The summed E-state index contributed by atoms with van der Waals surface area (Å²) in [5.41, 5.74) is 2.81. The molecular weight excluding hydrogens is 307 g/mol. The van der Waals surface area contributed by atoms with Crippen LogP contribution in [0, 0.1) is 12.7 Å². The van der Waals surface area contributed by atoms with Gasteiger partial charge in [-0.25, -0.2) is 4.39 Å². The van der Waals surface area contributed by atoms with Crippen molar-refractivity contribution in [2.45, 2.75) is 13.0 Å². The summed E-state index contributed by atoms with van der Waals surface area (Å²) >= 11 is 0. The van der Waals surface area contributed by atoms with Crippen LogP contribution in [0.3, 0.4) is 0 Å². The first-order chi connectivity index (χ1) is 11.6. The van der Waals surface area contributed by atoms with Crippen LogP contribution in [0.2, 0.25) is 0 Å². The summed E-state index contributed by atoms with van der Waals surface area (Å²) < 4.78 is 18.8. The molecule has 1 saturated heterocycles. The van der Waals surface area contributed by atoms with Crippen molar-refractivity contribution in [2.75, 3.05) is 31.6 Å². The van der Waals surface area contributed by atoms with Gasteiger partial charge in [0.25, 0.3) is 0 Å². The number of carbonyl (C=O) groups is 1. The van der Waals surface area contributed by atoms with Gasteiger partial charge in [0.1, 0.15) is 5.82 Å². The van der Waals surface area contributed by atoms with E-state index in [2.05, 4.69) is 10.2 Å². The average molecular weight is 328 g/mol. The van der Waals surface area contributed by atoms with Gasteiger partial charge in [-0.05, 0) is 36.2 Å². The van der Waals surface area contributed by atoms with Gasteiger partial charge in [-0.1, -0.05) is 30.3 Å². The largest absolute Gasteiger partial charge is 0.371 e. The van der Waals surface area contributed by atoms with Crippen molar-refractivity contribution in [1.29, 1.82) is 0 Å². The highest BCUT2D eigenvalue weighted by molar-refractivity contribution is 5.92. The first-order valence-electron chi connectivity index (χ1n) is 8.07. The number of ether oxygens (including phenoxy) is 1. The third kappa shape index (κ3) is 4.19. The lowest BCUT2D eigenvalue weighted by Crippen LogP contribution is -2.42. The number of nitrogens with zero attached hydrogens (tertiary/aromatic N) is 1. The summed E-state index contributed by atoms with van der Waals surface area (Å²) in [6, 6.07) is 14.0. The van der Waals surface area contributed by atoms with Crippen LogP contribution in [0.1, 0.15) is 17.2 Å². The molecule has 0 aliphatic carbocycles. The number of carbonyl (C=O) groups excluding carboxylic acids is 1. The van der Waals surface area contributed by atoms with Crippen molar-refractivity contribution in [3.8, 4) is 0 Å². The zero-order valence-corrected chi connectivity index (χ0v) is 13.7. The van der Waals surface area contributed by atoms with Gasteiger partial charge in [0, 0.05) is 18.8 Å². The molecule has 2 aromatic rings. The Kier molecular flexibility index (Phi) is 5.23. The lowest BCUT2D eigenvalue weighted by Gasteiger charge is -2.32. The molecule has 3 rings (SSSR count). The molecule has 1 amide bonds. The molecule has 0 aromatic heterocycles. The molecular formula is C19H21FN2O2. The smallest absolute Gasteiger partial charge is 0.238 e. The highest BCUT2D eigenvalue weighted by Gasteiger charge is 2.23. The van der Waals surface area contributed by atoms with E-state index in [1.54, 1.807) is 12.1 Å². The van der Waals surface area contributed by atoms with Crippen molar-refractivity contribution >= 4 is 11.6 Å². The van der Waals surface area contributed by atoms with Crippen LogP contribution in [0.25, 0.3) is 0 Å². The summed E-state index contributed by atoms with van der Waals surface area (Å²) in [6.45, 7) is 4.16. The molecule has 126 valence electrons. The fraction of sp³-hybridized carbons (Fsp3) is 0.316. The summed E-state index contributed by atoms with van der Waals surface area (Å²) in [5, 5.41) is 2.95. The Bertz CT molecular complexity index is 703. The maximum absolute atomic E-state index is 13.0. The van der Waals surface area contributed by atoms with Gasteiger partial charge >= 0.3 is 0 Å². The van der Waals surface area contributed by atoms with Gasteiger partial charge < -0.3 is 10.1 Å². The zero-order chi connectivity index (χ0) is 16.9. The fourth-order valence-corrected chi connectivity index (χ4v) is 2.83. The molecule has 4 nitrogen and oxygen atoms in total. The minimum absolute atomic E-state index is 0.0379. The van der Waals surface area contributed by atoms with E-state index < -0.39 is 0 Å². The van der Waals surface area contributed by atoms with Crippen molar-refractivity contribution in [3.05, 3.63) is 65.5 Å². The van der Waals surface area contributed by atoms with E-state index in [1.165, 1.54) is 12.1 Å². The van der Waals surface area contributed by atoms with Crippen LogP contribution in [0.5, 0.6) is 0 Å². The van der Waals surface area contributed by atoms with E-state index in [9.17, 15) is 9.18 Å². The number of benzene rings is 2. The second-order valence-electron chi connectivity index (χ2n) is 6.01. The van der Waals surface area contributed by atoms with Gasteiger partial charge in [-0.3, -0.25) is 9.69 Å². The molecule has 1 atom stereocenters. The fourth-order valence-electron chi connectivity index (χ4n) is 2.83. The van der Waals surface area contributed by atoms with Crippen molar-refractivity contribution in [3.63, 3.8) is 0 Å². The molecule has 5 heteroatoms. The SMILES string of the molecule is Cc1ccccc1NC(=O)CN1CCO[C@H](c2ccc(F)cc2)C1. The predicted molar refractivity (Wildman–Crippen MR) is 91.3 cm³/mol. The minimum atomic E-state index is -0.260. The van der Waals surface area contributed by atoms with E-state index in [-0.39, 0.29) is 17.8 Å². The number of anilines is 1. The Morgan fingerprint density at radius 1 is 1.25 bits per heavy atom. The molecule has 0 saturated carbocycles. The number of halogens is 1. The topological polar surface area (TPSA) is 41.6 Å². The van der Waals surface area contributed by atoms with Gasteiger partial charge in [-0.2, -0.15) is 0 Å². The first kappa shape index (κ1) is 16.6. The molecule has 1 heterocycles. The van der Waals surface area contributed by atoms with Crippen LogP contribution in [-0.2, 0) is 9.53 Å². The monoisotopic (exact) mass is 328 g/mol. The van der Waals surface area contributed by atoms with Gasteiger partial charge in [0.05, 0.1) is 19.3 Å². The molecule has 0 spiro atoms. The Morgan fingerprint density at radius 2 is 2.00 bits per heavy atom. The Balaban J connectivity index is 1.58. The lowest BCUT2D eigenvalue weighted by molar-refractivity contribution is -0.119. The molecule has 1 N–H and O–H groups in total. The Hall–Kier alpha value is -2.24. The Morgan fingerprint density at radius 3 is 2.75 bits per heavy atom. The van der Waals surface area contributed by atoms with Crippen LogP contribution in [-0.4, -0.2) is 37.0 Å². The maximum atomic E-state index is 13.0. The van der Waals surface area contributed by atoms with Crippen LogP contribution < -0.4 is 5.32 Å². The second kappa shape index (κ2) is 7.55. The number of morpholine rings is 1. The van der Waals surface area contributed by atoms with E-state index in [4.69, 9.17) is 4.74 Å². The molecule has 1 aliphatic heterocycles. The van der Waals surface area contributed by atoms with Gasteiger partial charge in [0.15, 0.2) is 0 Å². The molecule has 1 fully saturated rings. The molecule has 2 aromatic carbocycles. The molecule has 0 unspecified atom stereocenters. The second-order valence-corrected chi connectivity index (χ2v) is 6.01. The number of hydrogen-bond donors (Lipinski definition) is 1. The first-order valence-corrected chi connectivity index (χ1v) is 8.07. The van der Waals surface area contributed by atoms with Gasteiger partial charge in [0.2, 0.25) is 5.91 Å². The van der Waals surface area contributed by atoms with Crippen LogP contribution in [0.4, 0.5) is 10.1 Å². The molecule has 24 heavy (non-hydrogen) atoms. The quantitative estimate of drug-likeness (QED) is 0.937. The number of hydrogen-bond acceptors (Lipinski definition) is 3. The van der Waals surface area contributed by atoms with Crippen LogP contribution in [0.15, 0.2) is 48.5 Å². The maximum Gasteiger partial charge on any atom is 0.238 e. The number of nitrogens with one attached hydrogen (secondary N) is 1. The van der Waals surface area contributed by atoms with E-state index in [1.807, 2.05) is 31.2 Å². The normalized spacial score (nSPS) is 18.3. The van der Waals surface area contributed by atoms with Crippen molar-refractivity contribution in [1.82, 2.24) is 4.90 Å². The summed E-state index contributed by atoms with van der Waals surface area (Å²) in [4.78, 5) is 14.3. The highest BCUT2D eigenvalue weighted by atomic mass is 19.1. The van der Waals surface area contributed by atoms with Crippen LogP contribution >= 0.6 is 0 Å². The number of rotatable bonds is 4. The summed E-state index contributed by atoms with van der Waals surface area (Å²) in [6.07, 6.45) is -0.134. The number of amides is 1. The summed E-state index contributed by atoms with van der Waals surface area (Å²) in [5.74, 6) is -0.298. The molecule has 0 bridgehead atoms. The van der Waals surface area contributed by atoms with E-state index in [0.29, 0.717) is 26.2 Å². The van der Waals surface area contributed by atoms with E-state index >= 15 is 0 Å². The highest BCUT2D eigenvalue weighted by Crippen LogP contribution is 2.22. The summed E-state index contributed by atoms with van der Waals surface area (Å²) in [7, 11) is 0. The Labute approximate surface area is 141 Å². The van der Waals surface area contributed by atoms with Crippen molar-refractivity contribution < 1.29 is 13.9 Å². The minimum Gasteiger partial charge on any atom is -0.371 e. The lowest BCUT2D eigenvalue weighted by atomic mass is 10.1. The third-order valence-electron chi connectivity index (χ3n) is 4.18. The number of aryl methyl sites for hydroxylation is 1. The third-order valence-corrected chi connectivity index (χ3v) is 4.18. The molecule has 0 radical (unpaired) electrons. The van der Waals surface area contributed by atoms with E-state index in [0.717, 1.165) is 16.8 Å². The predicted octanol–water partition coefficient (Wildman–Crippen LogP) is 3.15. The average Bonchev–Trinajstić information content (AvgIpc) is 2.58. The standard InChI is InChI=1S/C19H21FN2O2/c1-14-4-2-3-5-17(14)21-19(23)13-22-10-11-24-18(12-22)15-6-8-16(20)9-7-15/h2-9,18H,10-13H2,1H3,(H,21,23)/t18-/m0/s1.